The number of rotatable bonds is 5. The van der Waals surface area contributed by atoms with Crippen molar-refractivity contribution in [1.82, 2.24) is 9.80 Å². The van der Waals surface area contributed by atoms with E-state index in [-0.39, 0.29) is 6.61 Å². The van der Waals surface area contributed by atoms with Gasteiger partial charge in [-0.25, -0.2) is 0 Å². The van der Waals surface area contributed by atoms with Crippen LogP contribution in [0.1, 0.15) is 36.1 Å². The van der Waals surface area contributed by atoms with E-state index < -0.39 is 0 Å². The van der Waals surface area contributed by atoms with Gasteiger partial charge in [-0.1, -0.05) is 24.7 Å². The van der Waals surface area contributed by atoms with Crippen LogP contribution in [-0.4, -0.2) is 54.7 Å². The van der Waals surface area contributed by atoms with Crippen LogP contribution in [0.25, 0.3) is 0 Å². The van der Waals surface area contributed by atoms with Crippen LogP contribution < -0.4 is 0 Å². The zero-order valence-electron chi connectivity index (χ0n) is 13.0. The van der Waals surface area contributed by atoms with Gasteiger partial charge in [-0.3, -0.25) is 0 Å². The molecule has 0 unspecified atom stereocenters. The topological polar surface area (TPSA) is 26.7 Å². The van der Waals surface area contributed by atoms with Crippen molar-refractivity contribution >= 4 is 11.3 Å². The summed E-state index contributed by atoms with van der Waals surface area (Å²) in [6.45, 7) is 5.76. The number of hydrogen-bond acceptors (Lipinski definition) is 4. The third-order valence-electron chi connectivity index (χ3n) is 3.89. The second-order valence-electron chi connectivity index (χ2n) is 5.76. The molecule has 0 saturated carbocycles. The average molecular weight is 306 g/mol. The maximum Gasteiger partial charge on any atom is 0.104 e. The van der Waals surface area contributed by atoms with Gasteiger partial charge in [0, 0.05) is 35.5 Å². The lowest BCUT2D eigenvalue weighted by Gasteiger charge is -2.23. The van der Waals surface area contributed by atoms with E-state index in [2.05, 4.69) is 40.1 Å². The summed E-state index contributed by atoms with van der Waals surface area (Å²) in [6, 6.07) is 2.13. The molecule has 0 amide bonds. The molecule has 1 aromatic rings. The van der Waals surface area contributed by atoms with Gasteiger partial charge in [0.1, 0.15) is 6.61 Å². The second kappa shape index (κ2) is 9.22. The van der Waals surface area contributed by atoms with Crippen LogP contribution >= 0.6 is 11.3 Å². The first-order valence-corrected chi connectivity index (χ1v) is 8.74. The SMILES string of the molecule is CN(CCN1CCCCCC1)Cc1cc(C#CCO)cs1. The van der Waals surface area contributed by atoms with Crippen LogP contribution in [0.3, 0.4) is 0 Å². The Morgan fingerprint density at radius 2 is 2.05 bits per heavy atom. The fraction of sp³-hybridized carbons (Fsp3) is 0.647. The molecule has 0 atom stereocenters. The van der Waals surface area contributed by atoms with Gasteiger partial charge in [-0.05, 0) is 39.0 Å². The molecule has 2 rings (SSSR count). The van der Waals surface area contributed by atoms with E-state index in [1.165, 1.54) is 50.2 Å². The van der Waals surface area contributed by atoms with Crippen LogP contribution in [0.15, 0.2) is 11.4 Å². The number of hydrogen-bond donors (Lipinski definition) is 1. The van der Waals surface area contributed by atoms with Crippen LogP contribution in [0.5, 0.6) is 0 Å². The first kappa shape index (κ1) is 16.5. The van der Waals surface area contributed by atoms with Crippen molar-refractivity contribution in [2.45, 2.75) is 32.2 Å². The number of aliphatic hydroxyl groups excluding tert-OH is 1. The summed E-state index contributed by atoms with van der Waals surface area (Å²) in [4.78, 5) is 6.34. The molecule has 1 fully saturated rings. The summed E-state index contributed by atoms with van der Waals surface area (Å²) in [5.41, 5.74) is 1.02. The van der Waals surface area contributed by atoms with E-state index in [1.807, 2.05) is 0 Å². The molecule has 21 heavy (non-hydrogen) atoms. The lowest BCUT2D eigenvalue weighted by Crippen LogP contribution is -2.33. The highest BCUT2D eigenvalue weighted by Gasteiger charge is 2.10. The van der Waals surface area contributed by atoms with Gasteiger partial charge in [0.05, 0.1) is 0 Å². The molecular formula is C17H26N2OS. The zero-order chi connectivity index (χ0) is 14.9. The molecule has 0 aliphatic carbocycles. The molecule has 1 N–H and O–H groups in total. The van der Waals surface area contributed by atoms with Crippen molar-refractivity contribution in [1.29, 1.82) is 0 Å². The Hall–Kier alpha value is -0.860. The molecule has 0 bridgehead atoms. The van der Waals surface area contributed by atoms with Crippen molar-refractivity contribution in [3.05, 3.63) is 21.9 Å². The van der Waals surface area contributed by atoms with E-state index in [4.69, 9.17) is 5.11 Å². The van der Waals surface area contributed by atoms with Gasteiger partial charge in [-0.2, -0.15) is 0 Å². The van der Waals surface area contributed by atoms with Gasteiger partial charge in [-0.15, -0.1) is 11.3 Å². The first-order chi connectivity index (χ1) is 10.3. The van der Waals surface area contributed by atoms with Crippen molar-refractivity contribution < 1.29 is 5.11 Å². The fourth-order valence-electron chi connectivity index (χ4n) is 2.69. The van der Waals surface area contributed by atoms with Gasteiger partial charge < -0.3 is 14.9 Å². The van der Waals surface area contributed by atoms with Crippen LogP contribution in [0.2, 0.25) is 0 Å². The molecule has 0 radical (unpaired) electrons. The Morgan fingerprint density at radius 3 is 2.76 bits per heavy atom. The lowest BCUT2D eigenvalue weighted by molar-refractivity contribution is 0.228. The van der Waals surface area contributed by atoms with E-state index in [9.17, 15) is 0 Å². The standard InChI is InChI=1S/C17H26N2OS/c1-18(10-11-19-8-4-2-3-5-9-19)14-17-13-16(15-21-17)7-6-12-20/h13,15,20H,2-5,8-12,14H2,1H3. The highest BCUT2D eigenvalue weighted by Crippen LogP contribution is 2.16. The van der Waals surface area contributed by atoms with Crippen LogP contribution in [0, 0.1) is 11.8 Å². The van der Waals surface area contributed by atoms with E-state index in [0.717, 1.165) is 18.7 Å². The predicted octanol–water partition coefficient (Wildman–Crippen LogP) is 2.40. The maximum atomic E-state index is 8.71. The summed E-state index contributed by atoms with van der Waals surface area (Å²) in [6.07, 6.45) is 5.53. The van der Waals surface area contributed by atoms with Crippen molar-refractivity contribution in [2.75, 3.05) is 39.8 Å². The van der Waals surface area contributed by atoms with Crippen LogP contribution in [0.4, 0.5) is 0 Å². The van der Waals surface area contributed by atoms with Gasteiger partial charge in [0.2, 0.25) is 0 Å². The molecule has 4 heteroatoms. The molecule has 116 valence electrons. The Kier molecular flexibility index (Phi) is 7.25. The highest BCUT2D eigenvalue weighted by atomic mass is 32.1. The number of likely N-dealkylation sites (tertiary alicyclic amines) is 1. The third kappa shape index (κ3) is 6.19. The number of likely N-dealkylation sites (N-methyl/N-ethyl adjacent to an activating group) is 1. The smallest absolute Gasteiger partial charge is 0.104 e. The highest BCUT2D eigenvalue weighted by molar-refractivity contribution is 7.10. The number of thiophene rings is 1. The van der Waals surface area contributed by atoms with E-state index in [1.54, 1.807) is 11.3 Å². The third-order valence-corrected chi connectivity index (χ3v) is 4.81. The Morgan fingerprint density at radius 1 is 1.29 bits per heavy atom. The molecule has 2 heterocycles. The minimum Gasteiger partial charge on any atom is -0.384 e. The summed E-state index contributed by atoms with van der Waals surface area (Å²) in [7, 11) is 2.19. The Bertz CT molecular complexity index is 467. The maximum absolute atomic E-state index is 8.71. The van der Waals surface area contributed by atoms with E-state index >= 15 is 0 Å². The summed E-state index contributed by atoms with van der Waals surface area (Å²) < 4.78 is 0. The molecule has 0 spiro atoms. The quantitative estimate of drug-likeness (QED) is 0.846. The van der Waals surface area contributed by atoms with Gasteiger partial charge in [0.25, 0.3) is 0 Å². The molecule has 1 aliphatic heterocycles. The van der Waals surface area contributed by atoms with Crippen LogP contribution in [-0.2, 0) is 6.54 Å². The number of aliphatic hydroxyl groups is 1. The van der Waals surface area contributed by atoms with E-state index in [0.29, 0.717) is 0 Å². The largest absolute Gasteiger partial charge is 0.384 e. The predicted molar refractivity (Wildman–Crippen MR) is 89.5 cm³/mol. The minimum absolute atomic E-state index is 0.0685. The fourth-order valence-corrected chi connectivity index (χ4v) is 3.58. The lowest BCUT2D eigenvalue weighted by atomic mass is 10.2. The monoisotopic (exact) mass is 306 g/mol. The average Bonchev–Trinajstić information content (AvgIpc) is 2.75. The molecule has 1 aromatic heterocycles. The second-order valence-corrected chi connectivity index (χ2v) is 6.75. The minimum atomic E-state index is -0.0685. The number of nitrogens with zero attached hydrogens (tertiary/aromatic N) is 2. The summed E-state index contributed by atoms with van der Waals surface area (Å²) in [5.74, 6) is 5.66. The van der Waals surface area contributed by atoms with Crippen molar-refractivity contribution in [3.63, 3.8) is 0 Å². The zero-order valence-corrected chi connectivity index (χ0v) is 13.8. The normalized spacial score (nSPS) is 16.5. The Balaban J connectivity index is 1.73. The molecule has 1 saturated heterocycles. The molecule has 0 aromatic carbocycles. The first-order valence-electron chi connectivity index (χ1n) is 7.86. The Labute approximate surface area is 132 Å². The molecule has 3 nitrogen and oxygen atoms in total. The van der Waals surface area contributed by atoms with Crippen molar-refractivity contribution in [3.8, 4) is 11.8 Å². The summed E-state index contributed by atoms with van der Waals surface area (Å²) >= 11 is 1.75. The summed E-state index contributed by atoms with van der Waals surface area (Å²) in [5, 5.41) is 10.8. The molecule has 1 aliphatic rings. The van der Waals surface area contributed by atoms with Gasteiger partial charge >= 0.3 is 0 Å². The van der Waals surface area contributed by atoms with Gasteiger partial charge in [0.15, 0.2) is 0 Å². The van der Waals surface area contributed by atoms with Crippen molar-refractivity contribution in [2.24, 2.45) is 0 Å². The molecular weight excluding hydrogens is 280 g/mol.